The van der Waals surface area contributed by atoms with Gasteiger partial charge in [-0.15, -0.1) is 0 Å². The van der Waals surface area contributed by atoms with Gasteiger partial charge in [0.2, 0.25) is 0 Å². The molecule has 0 saturated heterocycles. The molecule has 2 aromatic carbocycles. The third-order valence-electron chi connectivity index (χ3n) is 2.55. The zero-order valence-electron chi connectivity index (χ0n) is 9.97. The second-order valence-corrected chi connectivity index (χ2v) is 3.84. The predicted molar refractivity (Wildman–Crippen MR) is 66.7 cm³/mol. The first-order valence-electron chi connectivity index (χ1n) is 5.62. The van der Waals surface area contributed by atoms with Crippen LogP contribution in [0.5, 0.6) is 0 Å². The third kappa shape index (κ3) is 2.96. The van der Waals surface area contributed by atoms with Crippen molar-refractivity contribution < 1.29 is 13.9 Å². The maximum Gasteiger partial charge on any atom is 0.341 e. The van der Waals surface area contributed by atoms with E-state index in [9.17, 15) is 9.18 Å². The van der Waals surface area contributed by atoms with Crippen molar-refractivity contribution in [3.05, 3.63) is 71.0 Å². The number of rotatable bonds is 3. The molecule has 0 atom stereocenters. The van der Waals surface area contributed by atoms with Gasteiger partial charge in [-0.05, 0) is 17.7 Å². The zero-order valence-corrected chi connectivity index (χ0v) is 9.97. The molecule has 94 valence electrons. The quantitative estimate of drug-likeness (QED) is 0.792. The summed E-state index contributed by atoms with van der Waals surface area (Å²) in [5, 5.41) is 8.69. The van der Waals surface area contributed by atoms with Gasteiger partial charge < -0.3 is 4.74 Å². The lowest BCUT2D eigenvalue weighted by atomic mass is 10.1. The molecule has 0 saturated carbocycles. The Morgan fingerprint density at radius 3 is 2.58 bits per heavy atom. The number of nitriles is 1. The molecule has 0 aromatic heterocycles. The van der Waals surface area contributed by atoms with Crippen LogP contribution in [-0.4, -0.2) is 5.97 Å². The number of nitrogens with zero attached hydrogens (tertiary/aromatic N) is 1. The summed E-state index contributed by atoms with van der Waals surface area (Å²) in [7, 11) is 0. The largest absolute Gasteiger partial charge is 0.457 e. The second kappa shape index (κ2) is 5.78. The van der Waals surface area contributed by atoms with Gasteiger partial charge in [0.25, 0.3) is 0 Å². The number of carbonyl (C=O) groups is 1. The van der Waals surface area contributed by atoms with Gasteiger partial charge >= 0.3 is 5.97 Å². The van der Waals surface area contributed by atoms with Crippen molar-refractivity contribution in [3.63, 3.8) is 0 Å². The molecule has 0 aliphatic heterocycles. The van der Waals surface area contributed by atoms with Crippen LogP contribution in [0.4, 0.5) is 4.39 Å². The molecular weight excluding hydrogens is 245 g/mol. The highest BCUT2D eigenvalue weighted by molar-refractivity contribution is 5.90. The van der Waals surface area contributed by atoms with Crippen molar-refractivity contribution in [1.29, 1.82) is 5.26 Å². The summed E-state index contributed by atoms with van der Waals surface area (Å²) in [6, 6.07) is 14.8. The number of benzene rings is 2. The van der Waals surface area contributed by atoms with E-state index in [4.69, 9.17) is 10.00 Å². The molecule has 2 rings (SSSR count). The normalized spacial score (nSPS) is 9.68. The Morgan fingerprint density at radius 1 is 1.16 bits per heavy atom. The van der Waals surface area contributed by atoms with E-state index in [-0.39, 0.29) is 17.7 Å². The van der Waals surface area contributed by atoms with E-state index in [0.29, 0.717) is 0 Å². The molecule has 0 N–H and O–H groups in total. The maximum absolute atomic E-state index is 13.7. The van der Waals surface area contributed by atoms with Crippen LogP contribution in [0.3, 0.4) is 0 Å². The minimum atomic E-state index is -0.844. The molecule has 0 radical (unpaired) electrons. The number of hydrogen-bond donors (Lipinski definition) is 0. The van der Waals surface area contributed by atoms with Crippen molar-refractivity contribution in [2.45, 2.75) is 6.61 Å². The van der Waals surface area contributed by atoms with Crippen molar-refractivity contribution in [2.24, 2.45) is 0 Å². The molecule has 19 heavy (non-hydrogen) atoms. The Kier molecular flexibility index (Phi) is 3.89. The van der Waals surface area contributed by atoms with Gasteiger partial charge in [-0.3, -0.25) is 0 Å². The number of ether oxygens (including phenoxy) is 1. The third-order valence-corrected chi connectivity index (χ3v) is 2.55. The Morgan fingerprint density at radius 2 is 1.89 bits per heavy atom. The van der Waals surface area contributed by atoms with Gasteiger partial charge in [-0.25, -0.2) is 9.18 Å². The SMILES string of the molecule is N#Cc1cccc(C(=O)OCc2ccccc2)c1F. The first kappa shape index (κ1) is 12.8. The topological polar surface area (TPSA) is 50.1 Å². The minimum absolute atomic E-state index is 0.0654. The summed E-state index contributed by atoms with van der Waals surface area (Å²) in [4.78, 5) is 11.7. The highest BCUT2D eigenvalue weighted by Crippen LogP contribution is 2.14. The molecule has 0 aliphatic rings. The fraction of sp³-hybridized carbons (Fsp3) is 0.0667. The van der Waals surface area contributed by atoms with Crippen molar-refractivity contribution >= 4 is 5.97 Å². The highest BCUT2D eigenvalue weighted by Gasteiger charge is 2.16. The molecular formula is C15H10FNO2. The van der Waals surface area contributed by atoms with Crippen LogP contribution in [0, 0.1) is 17.1 Å². The minimum Gasteiger partial charge on any atom is -0.457 e. The van der Waals surface area contributed by atoms with Gasteiger partial charge in [-0.1, -0.05) is 36.4 Å². The van der Waals surface area contributed by atoms with Gasteiger partial charge in [0.15, 0.2) is 5.82 Å². The lowest BCUT2D eigenvalue weighted by molar-refractivity contribution is 0.0467. The lowest BCUT2D eigenvalue weighted by Crippen LogP contribution is -2.08. The average Bonchev–Trinajstić information content (AvgIpc) is 2.46. The summed E-state index contributed by atoms with van der Waals surface area (Å²) < 4.78 is 18.7. The zero-order chi connectivity index (χ0) is 13.7. The molecule has 0 bridgehead atoms. The molecule has 0 aliphatic carbocycles. The van der Waals surface area contributed by atoms with E-state index < -0.39 is 11.8 Å². The van der Waals surface area contributed by atoms with Gasteiger partial charge in [-0.2, -0.15) is 5.26 Å². The van der Waals surface area contributed by atoms with Crippen LogP contribution >= 0.6 is 0 Å². The second-order valence-electron chi connectivity index (χ2n) is 3.84. The molecule has 0 heterocycles. The van der Waals surface area contributed by atoms with Crippen LogP contribution in [0.1, 0.15) is 21.5 Å². The summed E-state index contributed by atoms with van der Waals surface area (Å²) in [5.74, 6) is -1.62. The average molecular weight is 255 g/mol. The van der Waals surface area contributed by atoms with E-state index in [1.807, 2.05) is 18.2 Å². The fourth-order valence-electron chi connectivity index (χ4n) is 1.58. The number of halogens is 1. The van der Waals surface area contributed by atoms with Crippen LogP contribution in [-0.2, 0) is 11.3 Å². The first-order valence-corrected chi connectivity index (χ1v) is 5.62. The Labute approximate surface area is 109 Å². The van der Waals surface area contributed by atoms with E-state index in [1.165, 1.54) is 18.2 Å². The van der Waals surface area contributed by atoms with Gasteiger partial charge in [0.05, 0.1) is 11.1 Å². The Bertz CT molecular complexity index is 632. The maximum atomic E-state index is 13.7. The Balaban J connectivity index is 2.11. The molecule has 0 amide bonds. The Hall–Kier alpha value is -2.67. The summed E-state index contributed by atoms with van der Waals surface area (Å²) in [6.07, 6.45) is 0. The molecule has 2 aromatic rings. The fourth-order valence-corrected chi connectivity index (χ4v) is 1.58. The monoisotopic (exact) mass is 255 g/mol. The van der Waals surface area contributed by atoms with E-state index >= 15 is 0 Å². The van der Waals surface area contributed by atoms with Crippen LogP contribution in [0.25, 0.3) is 0 Å². The van der Waals surface area contributed by atoms with Crippen LogP contribution in [0.2, 0.25) is 0 Å². The van der Waals surface area contributed by atoms with Crippen molar-refractivity contribution in [3.8, 4) is 6.07 Å². The summed E-state index contributed by atoms with van der Waals surface area (Å²) in [5.41, 5.74) is 0.414. The van der Waals surface area contributed by atoms with E-state index in [2.05, 4.69) is 0 Å². The summed E-state index contributed by atoms with van der Waals surface area (Å²) >= 11 is 0. The molecule has 0 spiro atoms. The number of hydrogen-bond acceptors (Lipinski definition) is 3. The molecule has 0 fully saturated rings. The summed E-state index contributed by atoms with van der Waals surface area (Å²) in [6.45, 7) is 0.0654. The van der Waals surface area contributed by atoms with Crippen LogP contribution < -0.4 is 0 Å². The standard InChI is InChI=1S/C15H10FNO2/c16-14-12(9-17)7-4-8-13(14)15(18)19-10-11-5-2-1-3-6-11/h1-8H,10H2. The van der Waals surface area contributed by atoms with Crippen molar-refractivity contribution in [1.82, 2.24) is 0 Å². The molecule has 0 unspecified atom stereocenters. The first-order chi connectivity index (χ1) is 9.22. The lowest BCUT2D eigenvalue weighted by Gasteiger charge is -2.06. The molecule has 3 nitrogen and oxygen atoms in total. The van der Waals surface area contributed by atoms with Gasteiger partial charge in [0, 0.05) is 0 Å². The predicted octanol–water partition coefficient (Wildman–Crippen LogP) is 3.05. The van der Waals surface area contributed by atoms with Crippen molar-refractivity contribution in [2.75, 3.05) is 0 Å². The smallest absolute Gasteiger partial charge is 0.341 e. The van der Waals surface area contributed by atoms with Gasteiger partial charge in [0.1, 0.15) is 12.7 Å². The van der Waals surface area contributed by atoms with E-state index in [0.717, 1.165) is 5.56 Å². The number of carbonyl (C=O) groups excluding carboxylic acids is 1. The van der Waals surface area contributed by atoms with E-state index in [1.54, 1.807) is 18.2 Å². The highest BCUT2D eigenvalue weighted by atomic mass is 19.1. The number of esters is 1. The van der Waals surface area contributed by atoms with Crippen LogP contribution in [0.15, 0.2) is 48.5 Å². The molecule has 4 heteroatoms.